The minimum Gasteiger partial charge on any atom is -0.490 e. The number of para-hydroxylation sites is 1. The highest BCUT2D eigenvalue weighted by atomic mass is 16.5. The Morgan fingerprint density at radius 2 is 2.24 bits per heavy atom. The summed E-state index contributed by atoms with van der Waals surface area (Å²) < 4.78 is 5.91. The van der Waals surface area contributed by atoms with E-state index in [-0.39, 0.29) is 0 Å². The maximum absolute atomic E-state index is 5.91. The van der Waals surface area contributed by atoms with Crippen LogP contribution in [0.4, 0.5) is 0 Å². The van der Waals surface area contributed by atoms with Crippen LogP contribution in [0.2, 0.25) is 0 Å². The number of likely N-dealkylation sites (tertiary alicyclic amines) is 1. The van der Waals surface area contributed by atoms with Crippen LogP contribution in [0.15, 0.2) is 36.9 Å². The van der Waals surface area contributed by atoms with Crippen LogP contribution in [0.5, 0.6) is 5.75 Å². The predicted octanol–water partition coefficient (Wildman–Crippen LogP) is 2.90. The average molecular weight is 230 g/mol. The first kappa shape index (κ1) is 12.2. The molecule has 0 bridgehead atoms. The van der Waals surface area contributed by atoms with E-state index in [2.05, 4.69) is 24.5 Å². The van der Waals surface area contributed by atoms with Gasteiger partial charge < -0.3 is 4.74 Å². The van der Waals surface area contributed by atoms with Crippen LogP contribution in [0.3, 0.4) is 0 Å². The van der Waals surface area contributed by atoms with E-state index >= 15 is 0 Å². The number of hydrogen-bond acceptors (Lipinski definition) is 2. The molecule has 1 saturated heterocycles. The van der Waals surface area contributed by atoms with Crippen molar-refractivity contribution >= 4 is 0 Å². The van der Waals surface area contributed by atoms with Gasteiger partial charge in [-0.3, -0.25) is 4.90 Å². The Morgan fingerprint density at radius 3 is 2.82 bits per heavy atom. The molecule has 1 aliphatic heterocycles. The minimum absolute atomic E-state index is 0.335. The van der Waals surface area contributed by atoms with E-state index in [1.165, 1.54) is 0 Å². The quantitative estimate of drug-likeness (QED) is 0.737. The van der Waals surface area contributed by atoms with Gasteiger partial charge in [0.05, 0.1) is 0 Å². The fourth-order valence-corrected chi connectivity index (χ4v) is 2.18. The van der Waals surface area contributed by atoms with Crippen molar-refractivity contribution in [2.45, 2.75) is 31.9 Å². The number of ether oxygens (including phenoxy) is 1. The Balaban J connectivity index is 1.81. The summed E-state index contributed by atoms with van der Waals surface area (Å²) in [4.78, 5) is 2.45. The van der Waals surface area contributed by atoms with Gasteiger partial charge in [0.1, 0.15) is 11.9 Å². The van der Waals surface area contributed by atoms with Crippen molar-refractivity contribution in [3.05, 3.63) is 43.0 Å². The molecule has 2 nitrogen and oxygen atoms in total. The zero-order chi connectivity index (χ0) is 12.1. The van der Waals surface area contributed by atoms with Gasteiger partial charge in [-0.15, -0.1) is 6.58 Å². The maximum atomic E-state index is 5.91. The van der Waals surface area contributed by atoms with Gasteiger partial charge in [-0.05, 0) is 25.8 Å². The van der Waals surface area contributed by atoms with Gasteiger partial charge in [0, 0.05) is 25.2 Å². The van der Waals surface area contributed by atoms with Crippen molar-refractivity contribution in [2.24, 2.45) is 0 Å². The van der Waals surface area contributed by atoms with Gasteiger partial charge in [0.25, 0.3) is 0 Å². The van der Waals surface area contributed by atoms with Gasteiger partial charge in [0.15, 0.2) is 0 Å². The molecule has 1 atom stereocenters. The van der Waals surface area contributed by atoms with E-state index in [1.54, 1.807) is 0 Å². The highest BCUT2D eigenvalue weighted by Crippen LogP contribution is 2.19. The molecule has 0 saturated carbocycles. The molecule has 1 aliphatic rings. The summed E-state index contributed by atoms with van der Waals surface area (Å²) >= 11 is 0. The van der Waals surface area contributed by atoms with Crippen LogP contribution < -0.4 is 4.74 Å². The van der Waals surface area contributed by atoms with Crippen LogP contribution in [0.1, 0.15) is 19.8 Å². The van der Waals surface area contributed by atoms with Crippen molar-refractivity contribution in [1.29, 1.82) is 0 Å². The zero-order valence-corrected chi connectivity index (χ0v) is 10.4. The molecule has 1 radical (unpaired) electrons. The summed E-state index contributed by atoms with van der Waals surface area (Å²) in [6.07, 6.45) is 4.51. The van der Waals surface area contributed by atoms with Crippen molar-refractivity contribution in [1.82, 2.24) is 4.90 Å². The Bertz CT molecular complexity index is 341. The number of benzene rings is 1. The molecule has 0 spiro atoms. The maximum Gasteiger partial charge on any atom is 0.127 e. The molecule has 0 aliphatic carbocycles. The Hall–Kier alpha value is -1.28. The van der Waals surface area contributed by atoms with Crippen molar-refractivity contribution < 1.29 is 4.74 Å². The first-order chi connectivity index (χ1) is 8.29. The van der Waals surface area contributed by atoms with Crippen LogP contribution in [0, 0.1) is 6.07 Å². The summed E-state index contributed by atoms with van der Waals surface area (Å²) in [5.41, 5.74) is 0. The van der Waals surface area contributed by atoms with Crippen LogP contribution in [-0.4, -0.2) is 30.1 Å². The molecule has 17 heavy (non-hydrogen) atoms. The minimum atomic E-state index is 0.335. The fraction of sp³-hybridized carbons (Fsp3) is 0.467. The lowest BCUT2D eigenvalue weighted by molar-refractivity contribution is 0.0902. The molecule has 1 fully saturated rings. The van der Waals surface area contributed by atoms with E-state index in [4.69, 9.17) is 4.74 Å². The number of hydrogen-bond donors (Lipinski definition) is 0. The third kappa shape index (κ3) is 3.34. The molecule has 91 valence electrons. The summed E-state index contributed by atoms with van der Waals surface area (Å²) in [6.45, 7) is 8.21. The lowest BCUT2D eigenvalue weighted by Gasteiger charge is -2.34. The first-order valence-electron chi connectivity index (χ1n) is 6.29. The fourth-order valence-electron chi connectivity index (χ4n) is 2.18. The van der Waals surface area contributed by atoms with E-state index in [0.29, 0.717) is 12.1 Å². The topological polar surface area (TPSA) is 12.5 Å². The van der Waals surface area contributed by atoms with Gasteiger partial charge >= 0.3 is 0 Å². The smallest absolute Gasteiger partial charge is 0.127 e. The van der Waals surface area contributed by atoms with Crippen LogP contribution >= 0.6 is 0 Å². The molecule has 0 amide bonds. The monoisotopic (exact) mass is 230 g/mol. The molecule has 1 unspecified atom stereocenters. The summed E-state index contributed by atoms with van der Waals surface area (Å²) in [5.74, 6) is 0.864. The number of nitrogens with zero attached hydrogens (tertiary/aromatic N) is 1. The molecule has 0 N–H and O–H groups in total. The second-order valence-electron chi connectivity index (χ2n) is 4.56. The molecule has 2 heteroatoms. The zero-order valence-electron chi connectivity index (χ0n) is 10.4. The second kappa shape index (κ2) is 5.87. The van der Waals surface area contributed by atoms with Gasteiger partial charge in [-0.25, -0.2) is 0 Å². The lowest BCUT2D eigenvalue weighted by atomic mass is 10.1. The molecule has 1 aromatic rings. The van der Waals surface area contributed by atoms with E-state index < -0.39 is 0 Å². The molecule has 0 aromatic heterocycles. The third-order valence-corrected chi connectivity index (χ3v) is 3.37. The second-order valence-corrected chi connectivity index (χ2v) is 4.56. The van der Waals surface area contributed by atoms with Crippen molar-refractivity contribution in [2.75, 3.05) is 13.1 Å². The number of rotatable bonds is 4. The molecule has 1 heterocycles. The molecular formula is C15H20NO. The first-order valence-corrected chi connectivity index (χ1v) is 6.29. The molecule has 2 rings (SSSR count). The Morgan fingerprint density at radius 1 is 1.47 bits per heavy atom. The van der Waals surface area contributed by atoms with E-state index in [0.717, 1.165) is 31.7 Å². The Kier molecular flexibility index (Phi) is 4.21. The highest BCUT2D eigenvalue weighted by molar-refractivity contribution is 5.19. The van der Waals surface area contributed by atoms with Gasteiger partial charge in [0.2, 0.25) is 0 Å². The average Bonchev–Trinajstić information content (AvgIpc) is 2.40. The van der Waals surface area contributed by atoms with Crippen LogP contribution in [0.25, 0.3) is 0 Å². The number of piperidine rings is 1. The van der Waals surface area contributed by atoms with Crippen molar-refractivity contribution in [3.63, 3.8) is 0 Å². The summed E-state index contributed by atoms with van der Waals surface area (Å²) in [7, 11) is 0. The Labute approximate surface area is 104 Å². The van der Waals surface area contributed by atoms with Crippen molar-refractivity contribution in [3.8, 4) is 5.75 Å². The van der Waals surface area contributed by atoms with Gasteiger partial charge in [-0.1, -0.05) is 24.3 Å². The van der Waals surface area contributed by atoms with Gasteiger partial charge in [-0.2, -0.15) is 0 Å². The summed E-state index contributed by atoms with van der Waals surface area (Å²) in [5, 5.41) is 0. The third-order valence-electron chi connectivity index (χ3n) is 3.37. The standard InChI is InChI=1S/C15H20NO/c1-3-13(2)16-11-9-15(10-12-16)17-14-7-5-4-6-8-14/h3-7,13,15H,1,9-12H2,2H3. The normalized spacial score (nSPS) is 19.8. The van der Waals surface area contributed by atoms with E-state index in [1.807, 2.05) is 30.3 Å². The lowest BCUT2D eigenvalue weighted by Crippen LogP contribution is -2.42. The molecule has 1 aromatic carbocycles. The largest absolute Gasteiger partial charge is 0.490 e. The SMILES string of the molecule is C=CC(C)N1CCC(Oc2[c]cccc2)CC1. The van der Waals surface area contributed by atoms with E-state index in [9.17, 15) is 0 Å². The highest BCUT2D eigenvalue weighted by Gasteiger charge is 2.22. The molecular weight excluding hydrogens is 210 g/mol. The van der Waals surface area contributed by atoms with Crippen LogP contribution in [-0.2, 0) is 0 Å². The summed E-state index contributed by atoms with van der Waals surface area (Å²) in [6, 6.07) is 11.4. The predicted molar refractivity (Wildman–Crippen MR) is 70.2 cm³/mol.